The lowest BCUT2D eigenvalue weighted by Gasteiger charge is -2.25. The molecule has 0 aliphatic carbocycles. The number of aryl methyl sites for hydroxylation is 1. The summed E-state index contributed by atoms with van der Waals surface area (Å²) in [5.74, 6) is 0.510. The van der Waals surface area contributed by atoms with Crippen LogP contribution in [0.4, 0.5) is 15.9 Å². The van der Waals surface area contributed by atoms with Crippen LogP contribution in [0.25, 0.3) is 0 Å². The van der Waals surface area contributed by atoms with E-state index in [2.05, 4.69) is 53.3 Å². The molecule has 0 aliphatic heterocycles. The van der Waals surface area contributed by atoms with Crippen LogP contribution in [-0.4, -0.2) is 18.1 Å². The highest BCUT2D eigenvalue weighted by molar-refractivity contribution is 5.63. The van der Waals surface area contributed by atoms with Gasteiger partial charge in [0, 0.05) is 24.3 Å². The van der Waals surface area contributed by atoms with Crippen LogP contribution in [0.3, 0.4) is 0 Å². The van der Waals surface area contributed by atoms with Crippen molar-refractivity contribution < 1.29 is 4.39 Å². The second kappa shape index (κ2) is 7.18. The van der Waals surface area contributed by atoms with Crippen LogP contribution in [0.1, 0.15) is 25.0 Å². The molecule has 0 bridgehead atoms. The molecule has 1 aromatic carbocycles. The van der Waals surface area contributed by atoms with Gasteiger partial charge in [0.15, 0.2) is 0 Å². The van der Waals surface area contributed by atoms with Gasteiger partial charge >= 0.3 is 0 Å². The zero-order valence-corrected chi connectivity index (χ0v) is 12.9. The van der Waals surface area contributed by atoms with E-state index in [4.69, 9.17) is 0 Å². The fraction of sp³-hybridized carbons (Fsp3) is 0.353. The average Bonchev–Trinajstić information content (AvgIpc) is 2.49. The molecule has 0 saturated heterocycles. The highest BCUT2D eigenvalue weighted by Gasteiger charge is 2.14. The van der Waals surface area contributed by atoms with E-state index in [0.29, 0.717) is 6.54 Å². The van der Waals surface area contributed by atoms with E-state index in [9.17, 15) is 4.39 Å². The van der Waals surface area contributed by atoms with E-state index in [1.165, 1.54) is 11.8 Å². The summed E-state index contributed by atoms with van der Waals surface area (Å²) in [7, 11) is 0. The average molecular weight is 287 g/mol. The minimum Gasteiger partial charge on any atom is -0.326 e. The minimum absolute atomic E-state index is 0.299. The molecule has 0 atom stereocenters. The summed E-state index contributed by atoms with van der Waals surface area (Å²) in [6.07, 6.45) is 1.28. The Hall–Kier alpha value is -1.94. The van der Waals surface area contributed by atoms with Gasteiger partial charge in [-0.3, -0.25) is 0 Å². The summed E-state index contributed by atoms with van der Waals surface area (Å²) in [6.45, 7) is 8.39. The summed E-state index contributed by atoms with van der Waals surface area (Å²) >= 11 is 0. The third-order valence-electron chi connectivity index (χ3n) is 3.39. The molecule has 4 heteroatoms. The molecule has 0 radical (unpaired) electrons. The SMILES string of the molecule is CCNCc1cc(F)cnc1N(CC)c1ccc(C)cc1. The van der Waals surface area contributed by atoms with Crippen molar-refractivity contribution in [1.29, 1.82) is 0 Å². The van der Waals surface area contributed by atoms with Gasteiger partial charge in [0.2, 0.25) is 0 Å². The van der Waals surface area contributed by atoms with Crippen molar-refractivity contribution in [3.05, 3.63) is 53.5 Å². The van der Waals surface area contributed by atoms with Crippen LogP contribution in [0.15, 0.2) is 36.5 Å². The summed E-state index contributed by atoms with van der Waals surface area (Å²) in [4.78, 5) is 6.41. The predicted octanol–water partition coefficient (Wildman–Crippen LogP) is 3.80. The summed E-state index contributed by atoms with van der Waals surface area (Å²) < 4.78 is 13.5. The number of hydrogen-bond acceptors (Lipinski definition) is 3. The van der Waals surface area contributed by atoms with Gasteiger partial charge in [-0.25, -0.2) is 9.37 Å². The van der Waals surface area contributed by atoms with Crippen LogP contribution >= 0.6 is 0 Å². The van der Waals surface area contributed by atoms with Crippen LogP contribution in [-0.2, 0) is 6.54 Å². The third kappa shape index (κ3) is 3.79. The lowest BCUT2D eigenvalue weighted by atomic mass is 10.2. The smallest absolute Gasteiger partial charge is 0.141 e. The summed E-state index contributed by atoms with van der Waals surface area (Å²) in [6, 6.07) is 9.85. The van der Waals surface area contributed by atoms with Gasteiger partial charge in [0.05, 0.1) is 6.20 Å². The molecule has 0 amide bonds. The Balaban J connectivity index is 2.39. The number of nitrogens with one attached hydrogen (secondary N) is 1. The Labute approximate surface area is 125 Å². The molecule has 0 spiro atoms. The Bertz CT molecular complexity index is 581. The third-order valence-corrected chi connectivity index (χ3v) is 3.39. The monoisotopic (exact) mass is 287 g/mol. The van der Waals surface area contributed by atoms with Crippen molar-refractivity contribution >= 4 is 11.5 Å². The van der Waals surface area contributed by atoms with Crippen molar-refractivity contribution in [1.82, 2.24) is 10.3 Å². The van der Waals surface area contributed by atoms with Gasteiger partial charge in [-0.15, -0.1) is 0 Å². The highest BCUT2D eigenvalue weighted by atomic mass is 19.1. The number of aromatic nitrogens is 1. The van der Waals surface area contributed by atoms with E-state index < -0.39 is 0 Å². The molecule has 0 aliphatic rings. The molecule has 1 N–H and O–H groups in total. The van der Waals surface area contributed by atoms with Crippen LogP contribution < -0.4 is 10.2 Å². The zero-order valence-electron chi connectivity index (χ0n) is 12.9. The molecule has 2 rings (SSSR count). The number of rotatable bonds is 6. The quantitative estimate of drug-likeness (QED) is 0.876. The maximum Gasteiger partial charge on any atom is 0.141 e. The molecule has 21 heavy (non-hydrogen) atoms. The molecule has 0 saturated carbocycles. The Morgan fingerprint density at radius 1 is 1.19 bits per heavy atom. The zero-order chi connectivity index (χ0) is 15.2. The maximum atomic E-state index is 13.5. The Morgan fingerprint density at radius 3 is 2.52 bits per heavy atom. The molecular formula is C17H22FN3. The molecule has 1 heterocycles. The second-order valence-corrected chi connectivity index (χ2v) is 5.00. The minimum atomic E-state index is -0.299. The highest BCUT2D eigenvalue weighted by Crippen LogP contribution is 2.27. The normalized spacial score (nSPS) is 10.7. The lowest BCUT2D eigenvalue weighted by Crippen LogP contribution is -2.22. The number of anilines is 2. The molecule has 0 fully saturated rings. The van der Waals surface area contributed by atoms with Gasteiger partial charge < -0.3 is 10.2 Å². The number of halogens is 1. The van der Waals surface area contributed by atoms with Crippen molar-refractivity contribution in [3.8, 4) is 0 Å². The first-order valence-corrected chi connectivity index (χ1v) is 7.35. The summed E-state index contributed by atoms with van der Waals surface area (Å²) in [5.41, 5.74) is 3.16. The predicted molar refractivity (Wildman–Crippen MR) is 85.4 cm³/mol. The molecule has 3 nitrogen and oxygen atoms in total. The molecular weight excluding hydrogens is 265 g/mol. The first kappa shape index (κ1) is 15.4. The number of pyridine rings is 1. The van der Waals surface area contributed by atoms with Crippen molar-refractivity contribution in [2.24, 2.45) is 0 Å². The van der Waals surface area contributed by atoms with Crippen molar-refractivity contribution in [3.63, 3.8) is 0 Å². The second-order valence-electron chi connectivity index (χ2n) is 5.00. The lowest BCUT2D eigenvalue weighted by molar-refractivity contribution is 0.614. The van der Waals surface area contributed by atoms with Gasteiger partial charge in [0.1, 0.15) is 11.6 Å². The Kier molecular flexibility index (Phi) is 5.28. The molecule has 1 aromatic heterocycles. The fourth-order valence-corrected chi connectivity index (χ4v) is 2.29. The summed E-state index contributed by atoms with van der Waals surface area (Å²) in [5, 5.41) is 3.24. The molecule has 2 aromatic rings. The topological polar surface area (TPSA) is 28.2 Å². The van der Waals surface area contributed by atoms with E-state index in [0.717, 1.165) is 30.2 Å². The first-order chi connectivity index (χ1) is 10.2. The number of hydrogen-bond donors (Lipinski definition) is 1. The fourth-order valence-electron chi connectivity index (χ4n) is 2.29. The van der Waals surface area contributed by atoms with Crippen LogP contribution in [0, 0.1) is 12.7 Å². The number of nitrogens with zero attached hydrogens (tertiary/aromatic N) is 2. The molecule has 112 valence electrons. The molecule has 0 unspecified atom stereocenters. The van der Waals surface area contributed by atoms with E-state index in [1.807, 2.05) is 6.92 Å². The number of benzene rings is 1. The van der Waals surface area contributed by atoms with E-state index in [1.54, 1.807) is 6.07 Å². The van der Waals surface area contributed by atoms with Gasteiger partial charge in [-0.05, 0) is 38.6 Å². The van der Waals surface area contributed by atoms with Crippen molar-refractivity contribution in [2.75, 3.05) is 18.0 Å². The van der Waals surface area contributed by atoms with Gasteiger partial charge in [-0.2, -0.15) is 0 Å². The standard InChI is InChI=1S/C17H22FN3/c1-4-19-11-14-10-15(18)12-20-17(14)21(5-2)16-8-6-13(3)7-9-16/h6-10,12,19H,4-5,11H2,1-3H3. The van der Waals surface area contributed by atoms with Crippen molar-refractivity contribution in [2.45, 2.75) is 27.3 Å². The van der Waals surface area contributed by atoms with Crippen LogP contribution in [0.2, 0.25) is 0 Å². The largest absolute Gasteiger partial charge is 0.326 e. The van der Waals surface area contributed by atoms with E-state index >= 15 is 0 Å². The Morgan fingerprint density at radius 2 is 1.90 bits per heavy atom. The van der Waals surface area contributed by atoms with Gasteiger partial charge in [-0.1, -0.05) is 24.6 Å². The maximum absolute atomic E-state index is 13.5. The first-order valence-electron chi connectivity index (χ1n) is 7.35. The van der Waals surface area contributed by atoms with E-state index in [-0.39, 0.29) is 5.82 Å². The van der Waals surface area contributed by atoms with Gasteiger partial charge in [0.25, 0.3) is 0 Å². The van der Waals surface area contributed by atoms with Crippen LogP contribution in [0.5, 0.6) is 0 Å².